The van der Waals surface area contributed by atoms with Gasteiger partial charge in [-0.3, -0.25) is 14.2 Å². The zero-order valence-electron chi connectivity index (χ0n) is 18.0. The summed E-state index contributed by atoms with van der Waals surface area (Å²) in [5.41, 5.74) is -0.231. The van der Waals surface area contributed by atoms with Crippen LogP contribution in [0.1, 0.15) is 30.9 Å². The fourth-order valence-corrected chi connectivity index (χ4v) is 4.17. The van der Waals surface area contributed by atoms with Crippen molar-refractivity contribution >= 4 is 16.8 Å². The highest BCUT2D eigenvalue weighted by molar-refractivity contribution is 5.89. The predicted molar refractivity (Wildman–Crippen MR) is 118 cm³/mol. The monoisotopic (exact) mass is 452 g/mol. The first-order valence-electron chi connectivity index (χ1n) is 10.3. The van der Waals surface area contributed by atoms with Crippen molar-refractivity contribution in [2.75, 3.05) is 20.8 Å². The fraction of sp³-hybridized carbons (Fsp3) is 0.304. The van der Waals surface area contributed by atoms with Gasteiger partial charge in [-0.2, -0.15) is 5.26 Å². The maximum absolute atomic E-state index is 14.1. The SMILES string of the molecule is COc1cc(-c2cc3[nH]c(=O)n([C@@H]4CCCNC(=O)C4)c(=O)c3cc2OC)c(C#N)cc1F. The summed E-state index contributed by atoms with van der Waals surface area (Å²) < 4.78 is 25.7. The van der Waals surface area contributed by atoms with Crippen LogP contribution in [0.15, 0.2) is 33.9 Å². The number of fused-ring (bicyclic) bond motifs is 1. The third-order valence-electron chi connectivity index (χ3n) is 5.77. The zero-order chi connectivity index (χ0) is 23.7. The molecule has 1 aliphatic rings. The number of rotatable bonds is 4. The Labute approximate surface area is 187 Å². The molecule has 1 aliphatic heterocycles. The van der Waals surface area contributed by atoms with Gasteiger partial charge in [0.2, 0.25) is 5.91 Å². The number of H-pyrrole nitrogens is 1. The third kappa shape index (κ3) is 3.93. The lowest BCUT2D eigenvalue weighted by Gasteiger charge is -2.17. The molecule has 0 saturated carbocycles. The summed E-state index contributed by atoms with van der Waals surface area (Å²) >= 11 is 0. The molecule has 0 spiro atoms. The number of carbonyl (C=O) groups excluding carboxylic acids is 1. The number of halogens is 1. The van der Waals surface area contributed by atoms with Crippen molar-refractivity contribution in [2.45, 2.75) is 25.3 Å². The van der Waals surface area contributed by atoms with Gasteiger partial charge in [0.15, 0.2) is 11.6 Å². The Morgan fingerprint density at radius 2 is 1.85 bits per heavy atom. The molecule has 0 unspecified atom stereocenters. The van der Waals surface area contributed by atoms with Gasteiger partial charge in [0.05, 0.1) is 42.8 Å². The summed E-state index contributed by atoms with van der Waals surface area (Å²) in [6, 6.07) is 6.77. The molecule has 33 heavy (non-hydrogen) atoms. The lowest BCUT2D eigenvalue weighted by Crippen LogP contribution is -2.39. The molecule has 0 radical (unpaired) electrons. The second kappa shape index (κ2) is 8.78. The van der Waals surface area contributed by atoms with Crippen LogP contribution in [0.2, 0.25) is 0 Å². The standard InChI is InChI=1S/C23H21FN4O5/c1-32-19-10-16-18(8-15(19)14-9-20(33-2)17(24)6-12(14)11-25)27-23(31)28(22(16)30)13-4-3-5-26-21(29)7-13/h6,8-10,13H,3-5,7H2,1-2H3,(H,26,29)(H,27,31)/t13-/m1/s1. The number of nitrogens with one attached hydrogen (secondary N) is 2. The second-order valence-corrected chi connectivity index (χ2v) is 7.70. The van der Waals surface area contributed by atoms with Crippen LogP contribution in [-0.4, -0.2) is 36.2 Å². The van der Waals surface area contributed by atoms with Gasteiger partial charge in [0.25, 0.3) is 5.56 Å². The van der Waals surface area contributed by atoms with E-state index in [0.717, 1.165) is 10.6 Å². The molecule has 0 bridgehead atoms. The highest BCUT2D eigenvalue weighted by atomic mass is 19.1. The number of aromatic amines is 1. The summed E-state index contributed by atoms with van der Waals surface area (Å²) in [6.45, 7) is 0.495. The minimum atomic E-state index is -0.693. The van der Waals surface area contributed by atoms with E-state index in [1.54, 1.807) is 0 Å². The summed E-state index contributed by atoms with van der Waals surface area (Å²) in [7, 11) is 2.71. The summed E-state index contributed by atoms with van der Waals surface area (Å²) in [4.78, 5) is 40.8. The number of nitrogens with zero attached hydrogens (tertiary/aromatic N) is 2. The molecule has 9 nitrogen and oxygen atoms in total. The number of ether oxygens (including phenoxy) is 2. The lowest BCUT2D eigenvalue weighted by molar-refractivity contribution is -0.121. The number of carbonyl (C=O) groups is 1. The van der Waals surface area contributed by atoms with E-state index < -0.39 is 23.1 Å². The molecule has 1 fully saturated rings. The van der Waals surface area contributed by atoms with E-state index in [2.05, 4.69) is 10.3 Å². The minimum absolute atomic E-state index is 0.0324. The molecule has 2 aromatic carbocycles. The first-order chi connectivity index (χ1) is 15.9. The molecule has 10 heteroatoms. The summed E-state index contributed by atoms with van der Waals surface area (Å²) in [6.07, 6.45) is 1.18. The van der Waals surface area contributed by atoms with Crippen molar-refractivity contribution < 1.29 is 18.7 Å². The molecule has 2 heterocycles. The molecule has 2 N–H and O–H groups in total. The Morgan fingerprint density at radius 3 is 2.55 bits per heavy atom. The highest BCUT2D eigenvalue weighted by Gasteiger charge is 2.24. The van der Waals surface area contributed by atoms with Gasteiger partial charge in [-0.1, -0.05) is 0 Å². The van der Waals surface area contributed by atoms with Crippen LogP contribution in [0.5, 0.6) is 11.5 Å². The molecule has 0 aliphatic carbocycles. The van der Waals surface area contributed by atoms with E-state index in [0.29, 0.717) is 30.5 Å². The molecule has 1 atom stereocenters. The second-order valence-electron chi connectivity index (χ2n) is 7.70. The largest absolute Gasteiger partial charge is 0.496 e. The molecular formula is C23H21FN4O5. The molecule has 1 amide bonds. The first kappa shape index (κ1) is 22.1. The Balaban J connectivity index is 1.95. The van der Waals surface area contributed by atoms with Gasteiger partial charge in [-0.15, -0.1) is 0 Å². The molecule has 1 aromatic heterocycles. The Hall–Kier alpha value is -4.13. The van der Waals surface area contributed by atoms with Crippen molar-refractivity contribution in [2.24, 2.45) is 0 Å². The number of amides is 1. The highest BCUT2D eigenvalue weighted by Crippen LogP contribution is 2.37. The van der Waals surface area contributed by atoms with Crippen LogP contribution in [-0.2, 0) is 4.79 Å². The van der Waals surface area contributed by atoms with Gasteiger partial charge < -0.3 is 19.8 Å². The van der Waals surface area contributed by atoms with Crippen molar-refractivity contribution in [3.63, 3.8) is 0 Å². The van der Waals surface area contributed by atoms with Gasteiger partial charge in [0, 0.05) is 24.1 Å². The van der Waals surface area contributed by atoms with E-state index in [4.69, 9.17) is 9.47 Å². The van der Waals surface area contributed by atoms with E-state index in [-0.39, 0.29) is 40.3 Å². The molecule has 170 valence electrons. The van der Waals surface area contributed by atoms with Crippen LogP contribution < -0.4 is 26.0 Å². The van der Waals surface area contributed by atoms with Crippen LogP contribution >= 0.6 is 0 Å². The molecule has 3 aromatic rings. The minimum Gasteiger partial charge on any atom is -0.496 e. The normalized spacial score (nSPS) is 16.1. The van der Waals surface area contributed by atoms with Crippen molar-refractivity contribution in [1.29, 1.82) is 5.26 Å². The van der Waals surface area contributed by atoms with Crippen molar-refractivity contribution in [3.8, 4) is 28.7 Å². The summed E-state index contributed by atoms with van der Waals surface area (Å²) in [5.74, 6) is -0.726. The number of hydrogen-bond acceptors (Lipinski definition) is 6. The Bertz CT molecular complexity index is 1420. The van der Waals surface area contributed by atoms with E-state index in [1.165, 1.54) is 32.4 Å². The number of hydrogen-bond donors (Lipinski definition) is 2. The van der Waals surface area contributed by atoms with Crippen LogP contribution in [0.4, 0.5) is 4.39 Å². The quantitative estimate of drug-likeness (QED) is 0.625. The lowest BCUT2D eigenvalue weighted by atomic mass is 9.97. The smallest absolute Gasteiger partial charge is 0.329 e. The average molecular weight is 452 g/mol. The predicted octanol–water partition coefficient (Wildman–Crippen LogP) is 2.23. The summed E-state index contributed by atoms with van der Waals surface area (Å²) in [5, 5.41) is 12.4. The average Bonchev–Trinajstić information content (AvgIpc) is 3.02. The Kier molecular flexibility index (Phi) is 5.87. The van der Waals surface area contributed by atoms with Crippen molar-refractivity contribution in [3.05, 3.63) is 56.5 Å². The number of benzene rings is 2. The number of aromatic nitrogens is 2. The maximum atomic E-state index is 14.1. The fourth-order valence-electron chi connectivity index (χ4n) is 4.17. The molecule has 4 rings (SSSR count). The number of methoxy groups -OCH3 is 2. The first-order valence-corrected chi connectivity index (χ1v) is 10.3. The molecule has 1 saturated heterocycles. The maximum Gasteiger partial charge on any atom is 0.329 e. The van der Waals surface area contributed by atoms with E-state index in [1.807, 2.05) is 6.07 Å². The van der Waals surface area contributed by atoms with Gasteiger partial charge in [0.1, 0.15) is 5.75 Å². The van der Waals surface area contributed by atoms with E-state index in [9.17, 15) is 24.0 Å². The van der Waals surface area contributed by atoms with Crippen LogP contribution in [0.3, 0.4) is 0 Å². The van der Waals surface area contributed by atoms with Gasteiger partial charge >= 0.3 is 5.69 Å². The van der Waals surface area contributed by atoms with E-state index >= 15 is 0 Å². The van der Waals surface area contributed by atoms with Gasteiger partial charge in [-0.05, 0) is 37.1 Å². The Morgan fingerprint density at radius 1 is 1.09 bits per heavy atom. The van der Waals surface area contributed by atoms with Crippen molar-refractivity contribution in [1.82, 2.24) is 14.9 Å². The third-order valence-corrected chi connectivity index (χ3v) is 5.77. The van der Waals surface area contributed by atoms with Gasteiger partial charge in [-0.25, -0.2) is 9.18 Å². The molecular weight excluding hydrogens is 431 g/mol. The van der Waals surface area contributed by atoms with Crippen LogP contribution in [0, 0.1) is 17.1 Å². The number of nitriles is 1. The topological polar surface area (TPSA) is 126 Å². The van der Waals surface area contributed by atoms with Crippen LogP contribution in [0.25, 0.3) is 22.0 Å². The zero-order valence-corrected chi connectivity index (χ0v) is 18.0.